The zero-order valence-corrected chi connectivity index (χ0v) is 7.75. The first kappa shape index (κ1) is 7.72. The molecule has 2 heteroatoms. The summed E-state index contributed by atoms with van der Waals surface area (Å²) in [6.07, 6.45) is 0. The van der Waals surface area contributed by atoms with Crippen LogP contribution in [0, 0.1) is 3.57 Å². The fourth-order valence-electron chi connectivity index (χ4n) is 0.707. The van der Waals surface area contributed by atoms with Crippen molar-refractivity contribution < 1.29 is 4.79 Å². The van der Waals surface area contributed by atoms with Crippen molar-refractivity contribution in [3.63, 3.8) is 0 Å². The summed E-state index contributed by atoms with van der Waals surface area (Å²) < 4.78 is 1.10. The van der Waals surface area contributed by atoms with Crippen molar-refractivity contribution in [2.45, 2.75) is 6.92 Å². The normalized spacial score (nSPS) is 9.40. The van der Waals surface area contributed by atoms with Gasteiger partial charge in [-0.15, -0.1) is 0 Å². The van der Waals surface area contributed by atoms with Crippen LogP contribution in [0.25, 0.3) is 0 Å². The van der Waals surface area contributed by atoms with Crippen LogP contribution in [0.1, 0.15) is 17.3 Å². The number of carbonyl (C=O) groups is 1. The van der Waals surface area contributed by atoms with Gasteiger partial charge in [0.25, 0.3) is 0 Å². The minimum Gasteiger partial charge on any atom is -0.295 e. The summed E-state index contributed by atoms with van der Waals surface area (Å²) in [5, 5.41) is 0. The van der Waals surface area contributed by atoms with Crippen LogP contribution in [-0.2, 0) is 0 Å². The number of carbonyl (C=O) groups excluding carboxylic acids is 1. The number of hydrogen-bond acceptors (Lipinski definition) is 1. The Morgan fingerprint density at radius 2 is 2.20 bits per heavy atom. The molecule has 0 aliphatic heterocycles. The SMILES string of the molecule is CC(=O)c1cccc([124I])c1. The molecule has 52 valence electrons. The molecule has 0 radical (unpaired) electrons. The predicted octanol–water partition coefficient (Wildman–Crippen LogP) is 2.49. The molecule has 0 spiro atoms. The first-order valence-corrected chi connectivity index (χ1v) is 4.04. The molecule has 0 aliphatic rings. The third kappa shape index (κ3) is 1.80. The van der Waals surface area contributed by atoms with E-state index in [0.29, 0.717) is 0 Å². The van der Waals surface area contributed by atoms with E-state index >= 15 is 0 Å². The number of Topliss-reactive ketones (excluding diaryl/α,β-unsaturated/α-hetero) is 1. The van der Waals surface area contributed by atoms with Gasteiger partial charge in [0, 0.05) is 9.13 Å². The van der Waals surface area contributed by atoms with Crippen molar-refractivity contribution in [2.24, 2.45) is 0 Å². The van der Waals surface area contributed by atoms with Gasteiger partial charge >= 0.3 is 0 Å². The average Bonchev–Trinajstić information content (AvgIpc) is 1.88. The molecule has 0 amide bonds. The molecule has 1 aromatic rings. The Morgan fingerprint density at radius 1 is 1.50 bits per heavy atom. The first-order valence-electron chi connectivity index (χ1n) is 2.96. The molecule has 1 rings (SSSR count). The van der Waals surface area contributed by atoms with E-state index in [1.165, 1.54) is 0 Å². The summed E-state index contributed by atoms with van der Waals surface area (Å²) in [5.41, 5.74) is 0.784. The third-order valence-electron chi connectivity index (χ3n) is 1.23. The van der Waals surface area contributed by atoms with E-state index in [0.717, 1.165) is 9.13 Å². The van der Waals surface area contributed by atoms with Crippen LogP contribution in [0.4, 0.5) is 0 Å². The first-order chi connectivity index (χ1) is 4.70. The standard InChI is InChI=1S/C8H7IO/c1-6(10)7-3-2-4-8(9)5-7/h2-5H,1H3/i9-3. The van der Waals surface area contributed by atoms with Gasteiger partial charge in [-0.05, 0) is 41.6 Å². The zero-order chi connectivity index (χ0) is 7.56. The third-order valence-corrected chi connectivity index (χ3v) is 1.90. The predicted molar refractivity (Wildman–Crippen MR) is 49.2 cm³/mol. The summed E-state index contributed by atoms with van der Waals surface area (Å²) in [7, 11) is 0. The average molecular weight is 243 g/mol. The van der Waals surface area contributed by atoms with Crippen LogP contribution in [0.2, 0.25) is 0 Å². The molecule has 1 nitrogen and oxygen atoms in total. The summed E-state index contributed by atoms with van der Waals surface area (Å²) >= 11 is 2.19. The lowest BCUT2D eigenvalue weighted by Crippen LogP contribution is -1.90. The molecule has 0 saturated carbocycles. The van der Waals surface area contributed by atoms with Crippen LogP contribution in [0.15, 0.2) is 24.3 Å². The van der Waals surface area contributed by atoms with Gasteiger partial charge in [0.05, 0.1) is 0 Å². The fraction of sp³-hybridized carbons (Fsp3) is 0.125. The van der Waals surface area contributed by atoms with Gasteiger partial charge in [0.15, 0.2) is 5.78 Å². The lowest BCUT2D eigenvalue weighted by Gasteiger charge is -1.93. The van der Waals surface area contributed by atoms with Gasteiger partial charge in [0.1, 0.15) is 0 Å². The monoisotopic (exact) mass is 243 g/mol. The molecular weight excluding hydrogens is 236 g/mol. The molecule has 0 fully saturated rings. The van der Waals surface area contributed by atoms with Gasteiger partial charge < -0.3 is 0 Å². The Kier molecular flexibility index (Phi) is 2.43. The molecule has 0 saturated heterocycles. The molecule has 1 aromatic carbocycles. The molecule has 0 unspecified atom stereocenters. The van der Waals surface area contributed by atoms with Crippen LogP contribution < -0.4 is 0 Å². The molecule has 0 atom stereocenters. The number of hydrogen-bond donors (Lipinski definition) is 0. The van der Waals surface area contributed by atoms with Crippen LogP contribution >= 0.6 is 22.6 Å². The summed E-state index contributed by atoms with van der Waals surface area (Å²) in [6.45, 7) is 1.57. The van der Waals surface area contributed by atoms with Crippen molar-refractivity contribution in [1.29, 1.82) is 0 Å². The Labute approximate surface area is 73.6 Å². The molecule has 0 aromatic heterocycles. The van der Waals surface area contributed by atoms with Gasteiger partial charge in [-0.3, -0.25) is 4.79 Å². The highest BCUT2D eigenvalue weighted by Crippen LogP contribution is 2.07. The Balaban J connectivity index is 3.07. The lowest BCUT2D eigenvalue weighted by molar-refractivity contribution is 0.101. The fourth-order valence-corrected chi connectivity index (χ4v) is 1.25. The molecule has 10 heavy (non-hydrogen) atoms. The van der Waals surface area contributed by atoms with Crippen molar-refractivity contribution in [2.75, 3.05) is 0 Å². The van der Waals surface area contributed by atoms with E-state index in [-0.39, 0.29) is 5.78 Å². The van der Waals surface area contributed by atoms with E-state index < -0.39 is 0 Å². The van der Waals surface area contributed by atoms with Crippen LogP contribution in [0.5, 0.6) is 0 Å². The molecular formula is C8H7IO. The van der Waals surface area contributed by atoms with E-state index in [1.807, 2.05) is 24.3 Å². The van der Waals surface area contributed by atoms with Crippen molar-refractivity contribution in [3.8, 4) is 0 Å². The molecule has 0 aliphatic carbocycles. The van der Waals surface area contributed by atoms with Gasteiger partial charge in [0.2, 0.25) is 0 Å². The quantitative estimate of drug-likeness (QED) is 0.547. The second-order valence-corrected chi connectivity index (χ2v) is 3.31. The maximum atomic E-state index is 10.8. The van der Waals surface area contributed by atoms with E-state index in [1.54, 1.807) is 6.92 Å². The van der Waals surface area contributed by atoms with Gasteiger partial charge in [-0.2, -0.15) is 0 Å². The Hall–Kier alpha value is -0.380. The van der Waals surface area contributed by atoms with E-state index in [9.17, 15) is 4.79 Å². The van der Waals surface area contributed by atoms with Gasteiger partial charge in [-0.25, -0.2) is 0 Å². The van der Waals surface area contributed by atoms with E-state index in [4.69, 9.17) is 0 Å². The zero-order valence-electron chi connectivity index (χ0n) is 5.60. The summed E-state index contributed by atoms with van der Waals surface area (Å²) in [5.74, 6) is 0.124. The molecule has 0 bridgehead atoms. The van der Waals surface area contributed by atoms with Crippen molar-refractivity contribution in [3.05, 3.63) is 33.4 Å². The van der Waals surface area contributed by atoms with Crippen LogP contribution in [-0.4, -0.2) is 5.78 Å². The summed E-state index contributed by atoms with van der Waals surface area (Å²) in [4.78, 5) is 10.8. The Morgan fingerprint density at radius 3 is 2.60 bits per heavy atom. The molecule has 0 N–H and O–H groups in total. The maximum absolute atomic E-state index is 10.8. The largest absolute Gasteiger partial charge is 0.295 e. The number of ketones is 1. The smallest absolute Gasteiger partial charge is 0.159 e. The second-order valence-electron chi connectivity index (χ2n) is 2.07. The van der Waals surface area contributed by atoms with Crippen LogP contribution in [0.3, 0.4) is 0 Å². The van der Waals surface area contributed by atoms with Gasteiger partial charge in [-0.1, -0.05) is 12.1 Å². The Bertz CT molecular complexity index is 255. The minimum atomic E-state index is 0.124. The summed E-state index contributed by atoms with van der Waals surface area (Å²) in [6, 6.07) is 7.55. The number of benzene rings is 1. The highest BCUT2D eigenvalue weighted by Gasteiger charge is 1.96. The highest BCUT2D eigenvalue weighted by atomic mass is 124. The molecule has 0 heterocycles. The number of rotatable bonds is 1. The van der Waals surface area contributed by atoms with Crippen molar-refractivity contribution >= 4 is 28.4 Å². The highest BCUT2D eigenvalue weighted by molar-refractivity contribution is 14.1. The lowest BCUT2D eigenvalue weighted by atomic mass is 10.2. The topological polar surface area (TPSA) is 17.1 Å². The van der Waals surface area contributed by atoms with E-state index in [2.05, 4.69) is 22.6 Å². The maximum Gasteiger partial charge on any atom is 0.159 e. The minimum absolute atomic E-state index is 0.124. The van der Waals surface area contributed by atoms with Crippen molar-refractivity contribution in [1.82, 2.24) is 0 Å². The number of halogens is 1. The second kappa shape index (κ2) is 3.14.